The summed E-state index contributed by atoms with van der Waals surface area (Å²) in [6.45, 7) is 0.267. The number of rotatable bonds is 5. The highest BCUT2D eigenvalue weighted by atomic mass is 16.5. The van der Waals surface area contributed by atoms with Gasteiger partial charge in [-0.25, -0.2) is 0 Å². The van der Waals surface area contributed by atoms with Crippen molar-refractivity contribution in [1.29, 1.82) is 0 Å². The van der Waals surface area contributed by atoms with Gasteiger partial charge in [0.2, 0.25) is 0 Å². The number of methoxy groups -OCH3 is 2. The molecule has 0 aliphatic carbocycles. The van der Waals surface area contributed by atoms with Gasteiger partial charge < -0.3 is 20.3 Å². The predicted molar refractivity (Wildman–Crippen MR) is 58.8 cm³/mol. The highest BCUT2D eigenvalue weighted by molar-refractivity contribution is 5.73. The molecule has 0 aliphatic rings. The Kier molecular flexibility index (Phi) is 4.13. The molecular formula is C11H15NO4. The molecule has 3 N–H and O–H groups in total. The summed E-state index contributed by atoms with van der Waals surface area (Å²) in [5.74, 6) is 0.0186. The van der Waals surface area contributed by atoms with Crippen LogP contribution in [0.15, 0.2) is 12.1 Å². The van der Waals surface area contributed by atoms with Gasteiger partial charge in [-0.15, -0.1) is 0 Å². The average Bonchev–Trinajstić information content (AvgIpc) is 2.27. The molecule has 0 aliphatic heterocycles. The third kappa shape index (κ3) is 2.43. The van der Waals surface area contributed by atoms with Crippen molar-refractivity contribution in [2.24, 2.45) is 5.73 Å². The van der Waals surface area contributed by atoms with Crippen molar-refractivity contribution in [3.8, 4) is 11.5 Å². The van der Waals surface area contributed by atoms with Crippen molar-refractivity contribution in [1.82, 2.24) is 0 Å². The molecule has 0 heterocycles. The molecule has 5 heteroatoms. The van der Waals surface area contributed by atoms with Crippen LogP contribution in [0.5, 0.6) is 11.5 Å². The molecule has 1 rings (SSSR count). The van der Waals surface area contributed by atoms with Gasteiger partial charge in [-0.1, -0.05) is 6.07 Å². The molecule has 0 unspecified atom stereocenters. The number of benzene rings is 1. The van der Waals surface area contributed by atoms with Crippen molar-refractivity contribution < 1.29 is 19.4 Å². The molecule has 0 saturated carbocycles. The minimum Gasteiger partial charge on any atom is -0.493 e. The van der Waals surface area contributed by atoms with Crippen LogP contribution in [0.1, 0.15) is 11.1 Å². The topological polar surface area (TPSA) is 81.8 Å². The second-order valence-corrected chi connectivity index (χ2v) is 3.21. The quantitative estimate of drug-likeness (QED) is 0.774. The van der Waals surface area contributed by atoms with Crippen LogP contribution < -0.4 is 15.2 Å². The molecule has 0 bridgehead atoms. The second-order valence-electron chi connectivity index (χ2n) is 3.21. The average molecular weight is 225 g/mol. The summed E-state index contributed by atoms with van der Waals surface area (Å²) >= 11 is 0. The second kappa shape index (κ2) is 5.37. The number of carbonyl (C=O) groups is 1. The number of hydrogen-bond donors (Lipinski definition) is 2. The number of ether oxygens (including phenoxy) is 2. The van der Waals surface area contributed by atoms with Crippen LogP contribution in [0.4, 0.5) is 0 Å². The van der Waals surface area contributed by atoms with E-state index in [4.69, 9.17) is 20.3 Å². The van der Waals surface area contributed by atoms with Crippen LogP contribution in [0, 0.1) is 0 Å². The normalized spacial score (nSPS) is 9.94. The largest absolute Gasteiger partial charge is 0.493 e. The van der Waals surface area contributed by atoms with E-state index in [9.17, 15) is 4.79 Å². The van der Waals surface area contributed by atoms with E-state index in [2.05, 4.69) is 0 Å². The Morgan fingerprint density at radius 3 is 2.50 bits per heavy atom. The van der Waals surface area contributed by atoms with E-state index in [1.807, 2.05) is 0 Å². The summed E-state index contributed by atoms with van der Waals surface area (Å²) in [6.07, 6.45) is -0.132. The number of aliphatic carboxylic acids is 1. The Morgan fingerprint density at radius 2 is 2.06 bits per heavy atom. The van der Waals surface area contributed by atoms with Crippen LogP contribution in [-0.2, 0) is 17.8 Å². The first kappa shape index (κ1) is 12.3. The van der Waals surface area contributed by atoms with Gasteiger partial charge in [0.1, 0.15) is 0 Å². The molecule has 0 atom stereocenters. The summed E-state index contributed by atoms with van der Waals surface area (Å²) in [5, 5.41) is 8.83. The standard InChI is InChI=1S/C11H15NO4/c1-15-9-4-3-7(6-12)8(5-10(13)14)11(9)16-2/h3-4H,5-6,12H2,1-2H3,(H,13,14). The van der Waals surface area contributed by atoms with E-state index in [0.29, 0.717) is 17.1 Å². The zero-order valence-corrected chi connectivity index (χ0v) is 9.32. The minimum atomic E-state index is -0.929. The molecule has 0 aromatic heterocycles. The molecule has 0 spiro atoms. The Bertz CT molecular complexity index is 390. The highest BCUT2D eigenvalue weighted by Crippen LogP contribution is 2.33. The summed E-state index contributed by atoms with van der Waals surface area (Å²) in [4.78, 5) is 10.8. The predicted octanol–water partition coefficient (Wildman–Crippen LogP) is 0.790. The lowest BCUT2D eigenvalue weighted by atomic mass is 10.0. The van der Waals surface area contributed by atoms with Crippen molar-refractivity contribution in [3.05, 3.63) is 23.3 Å². The van der Waals surface area contributed by atoms with Gasteiger partial charge in [0.25, 0.3) is 0 Å². The maximum Gasteiger partial charge on any atom is 0.307 e. The van der Waals surface area contributed by atoms with Gasteiger partial charge >= 0.3 is 5.97 Å². The van der Waals surface area contributed by atoms with Gasteiger partial charge in [-0.3, -0.25) is 4.79 Å². The van der Waals surface area contributed by atoms with Gasteiger partial charge in [0.05, 0.1) is 20.6 Å². The molecule has 16 heavy (non-hydrogen) atoms. The van der Waals surface area contributed by atoms with Gasteiger partial charge in [0.15, 0.2) is 11.5 Å². The van der Waals surface area contributed by atoms with E-state index >= 15 is 0 Å². The van der Waals surface area contributed by atoms with Crippen molar-refractivity contribution >= 4 is 5.97 Å². The Morgan fingerprint density at radius 1 is 1.38 bits per heavy atom. The lowest BCUT2D eigenvalue weighted by Gasteiger charge is -2.14. The van der Waals surface area contributed by atoms with Gasteiger partial charge in [-0.2, -0.15) is 0 Å². The molecule has 0 amide bonds. The summed E-state index contributed by atoms with van der Waals surface area (Å²) in [5.41, 5.74) is 6.87. The number of carboxylic acids is 1. The van der Waals surface area contributed by atoms with Gasteiger partial charge in [-0.05, 0) is 11.6 Å². The smallest absolute Gasteiger partial charge is 0.307 e. The molecule has 0 fully saturated rings. The van der Waals surface area contributed by atoms with Gasteiger partial charge in [0, 0.05) is 12.1 Å². The Labute approximate surface area is 93.8 Å². The van der Waals surface area contributed by atoms with Crippen molar-refractivity contribution in [3.63, 3.8) is 0 Å². The number of carboxylic acid groups (broad SMARTS) is 1. The molecule has 1 aromatic carbocycles. The molecule has 88 valence electrons. The Balaban J connectivity index is 3.30. The van der Waals surface area contributed by atoms with E-state index < -0.39 is 5.97 Å². The Hall–Kier alpha value is -1.75. The summed E-state index contributed by atoms with van der Waals surface area (Å²) in [6, 6.07) is 3.46. The fourth-order valence-electron chi connectivity index (χ4n) is 1.57. The monoisotopic (exact) mass is 225 g/mol. The first-order chi connectivity index (χ1) is 7.63. The van der Waals surface area contributed by atoms with Crippen LogP contribution >= 0.6 is 0 Å². The lowest BCUT2D eigenvalue weighted by Crippen LogP contribution is -2.09. The van der Waals surface area contributed by atoms with E-state index in [0.717, 1.165) is 5.56 Å². The summed E-state index contributed by atoms with van der Waals surface area (Å²) in [7, 11) is 2.98. The third-order valence-electron chi connectivity index (χ3n) is 2.29. The maximum absolute atomic E-state index is 10.8. The van der Waals surface area contributed by atoms with Crippen LogP contribution in [0.2, 0.25) is 0 Å². The molecule has 0 radical (unpaired) electrons. The maximum atomic E-state index is 10.8. The fourth-order valence-corrected chi connectivity index (χ4v) is 1.57. The van der Waals surface area contributed by atoms with Crippen LogP contribution in [-0.4, -0.2) is 25.3 Å². The molecule has 0 saturated heterocycles. The number of hydrogen-bond acceptors (Lipinski definition) is 4. The van der Waals surface area contributed by atoms with E-state index in [1.54, 1.807) is 12.1 Å². The molecule has 5 nitrogen and oxygen atoms in total. The van der Waals surface area contributed by atoms with Crippen LogP contribution in [0.25, 0.3) is 0 Å². The first-order valence-electron chi connectivity index (χ1n) is 4.78. The fraction of sp³-hybridized carbons (Fsp3) is 0.364. The molecule has 1 aromatic rings. The van der Waals surface area contributed by atoms with Crippen molar-refractivity contribution in [2.75, 3.05) is 14.2 Å². The van der Waals surface area contributed by atoms with Crippen LogP contribution in [0.3, 0.4) is 0 Å². The summed E-state index contributed by atoms with van der Waals surface area (Å²) < 4.78 is 10.3. The lowest BCUT2D eigenvalue weighted by molar-refractivity contribution is -0.136. The van der Waals surface area contributed by atoms with E-state index in [1.165, 1.54) is 14.2 Å². The third-order valence-corrected chi connectivity index (χ3v) is 2.29. The van der Waals surface area contributed by atoms with Crippen molar-refractivity contribution in [2.45, 2.75) is 13.0 Å². The SMILES string of the molecule is COc1ccc(CN)c(CC(=O)O)c1OC. The number of nitrogens with two attached hydrogens (primary N) is 1. The van der Waals surface area contributed by atoms with E-state index in [-0.39, 0.29) is 13.0 Å². The minimum absolute atomic E-state index is 0.132. The molecular weight excluding hydrogens is 210 g/mol. The zero-order valence-electron chi connectivity index (χ0n) is 9.32. The zero-order chi connectivity index (χ0) is 12.1. The first-order valence-corrected chi connectivity index (χ1v) is 4.78. The highest BCUT2D eigenvalue weighted by Gasteiger charge is 2.16.